The van der Waals surface area contributed by atoms with E-state index in [1.807, 2.05) is 0 Å². The van der Waals surface area contributed by atoms with Gasteiger partial charge in [0.15, 0.2) is 0 Å². The van der Waals surface area contributed by atoms with E-state index in [4.69, 9.17) is 28.3 Å². The summed E-state index contributed by atoms with van der Waals surface area (Å²) in [7, 11) is 0. The first-order valence-corrected chi connectivity index (χ1v) is 7.97. The van der Waals surface area contributed by atoms with E-state index in [1.165, 1.54) is 4.90 Å². The molecule has 1 saturated heterocycles. The molecule has 22 heavy (non-hydrogen) atoms. The summed E-state index contributed by atoms with van der Waals surface area (Å²) in [5, 5.41) is 12.1. The average Bonchev–Trinajstić information content (AvgIpc) is 2.51. The van der Waals surface area contributed by atoms with Crippen LogP contribution in [-0.2, 0) is 9.59 Å². The number of hydrogen-bond donors (Lipinski definition) is 2. The lowest BCUT2D eigenvalue weighted by molar-refractivity contribution is -0.146. The molecule has 0 aliphatic carbocycles. The van der Waals surface area contributed by atoms with Crippen LogP contribution >= 0.6 is 23.2 Å². The van der Waals surface area contributed by atoms with E-state index in [-0.39, 0.29) is 28.4 Å². The topological polar surface area (TPSA) is 69.6 Å². The second-order valence-electron chi connectivity index (χ2n) is 5.21. The van der Waals surface area contributed by atoms with E-state index < -0.39 is 11.8 Å². The Kier molecular flexibility index (Phi) is 6.06. The Labute approximate surface area is 139 Å². The molecule has 0 radical (unpaired) electrons. The number of rotatable bonds is 3. The molecule has 2 amide bonds. The molecule has 7 heteroatoms. The summed E-state index contributed by atoms with van der Waals surface area (Å²) in [5.41, 5.74) is 0.236. The molecule has 0 spiro atoms. The van der Waals surface area contributed by atoms with Gasteiger partial charge in [0, 0.05) is 19.2 Å². The third-order valence-corrected chi connectivity index (χ3v) is 4.38. The molecule has 0 bridgehead atoms. The van der Waals surface area contributed by atoms with Crippen LogP contribution in [0.15, 0.2) is 18.2 Å². The van der Waals surface area contributed by atoms with Gasteiger partial charge in [0.2, 0.25) is 0 Å². The molecule has 2 N–H and O–H groups in total. The van der Waals surface area contributed by atoms with Crippen molar-refractivity contribution in [2.24, 2.45) is 0 Å². The quantitative estimate of drug-likeness (QED) is 0.828. The Hall–Kier alpha value is -1.30. The van der Waals surface area contributed by atoms with Crippen LogP contribution in [0, 0.1) is 0 Å². The number of nitrogens with one attached hydrogen (secondary N) is 1. The minimum Gasteiger partial charge on any atom is -0.396 e. The second kappa shape index (κ2) is 7.81. The Morgan fingerprint density at radius 1 is 1.27 bits per heavy atom. The second-order valence-corrected chi connectivity index (χ2v) is 6.03. The third-order valence-electron chi connectivity index (χ3n) is 3.75. The van der Waals surface area contributed by atoms with Crippen LogP contribution in [0.1, 0.15) is 25.7 Å². The number of benzene rings is 1. The van der Waals surface area contributed by atoms with Crippen LogP contribution < -0.4 is 5.32 Å². The van der Waals surface area contributed by atoms with Gasteiger partial charge in [0.25, 0.3) is 0 Å². The predicted octanol–water partition coefficient (Wildman–Crippen LogP) is 2.70. The number of halogens is 2. The highest BCUT2D eigenvalue weighted by atomic mass is 35.5. The lowest BCUT2D eigenvalue weighted by Gasteiger charge is -2.35. The number of piperidine rings is 1. The maximum atomic E-state index is 12.4. The number of hydrogen-bond acceptors (Lipinski definition) is 3. The van der Waals surface area contributed by atoms with Crippen molar-refractivity contribution in [3.63, 3.8) is 0 Å². The number of anilines is 1. The molecule has 0 aromatic heterocycles. The third kappa shape index (κ3) is 3.91. The van der Waals surface area contributed by atoms with Gasteiger partial charge in [-0.2, -0.15) is 0 Å². The van der Waals surface area contributed by atoms with Gasteiger partial charge < -0.3 is 15.3 Å². The number of carbonyl (C=O) groups is 2. The number of likely N-dealkylation sites (tertiary alicyclic amines) is 1. The monoisotopic (exact) mass is 344 g/mol. The first kappa shape index (κ1) is 17.1. The number of nitrogens with zero attached hydrogens (tertiary/aromatic N) is 1. The van der Waals surface area contributed by atoms with Gasteiger partial charge in [-0.05, 0) is 37.8 Å². The number of amides is 2. The van der Waals surface area contributed by atoms with Gasteiger partial charge in [-0.15, -0.1) is 0 Å². The molecule has 0 saturated carbocycles. The van der Waals surface area contributed by atoms with Gasteiger partial charge in [0.05, 0.1) is 15.7 Å². The Morgan fingerprint density at radius 2 is 1.95 bits per heavy atom. The molecule has 1 aliphatic heterocycles. The maximum Gasteiger partial charge on any atom is 0.313 e. The van der Waals surface area contributed by atoms with E-state index in [9.17, 15) is 9.59 Å². The number of carbonyl (C=O) groups excluding carboxylic acids is 2. The Bertz CT molecular complexity index is 543. The van der Waals surface area contributed by atoms with Crippen LogP contribution in [0.5, 0.6) is 0 Å². The molecule has 1 heterocycles. The van der Waals surface area contributed by atoms with Crippen molar-refractivity contribution in [2.45, 2.75) is 31.7 Å². The van der Waals surface area contributed by atoms with Crippen molar-refractivity contribution in [2.75, 3.05) is 18.5 Å². The van der Waals surface area contributed by atoms with E-state index in [0.717, 1.165) is 19.3 Å². The Balaban J connectivity index is 2.09. The van der Waals surface area contributed by atoms with E-state index in [0.29, 0.717) is 13.0 Å². The van der Waals surface area contributed by atoms with Gasteiger partial charge >= 0.3 is 11.8 Å². The lowest BCUT2D eigenvalue weighted by atomic mass is 9.99. The van der Waals surface area contributed by atoms with Crippen LogP contribution in [0.2, 0.25) is 10.0 Å². The molecule has 1 aliphatic rings. The lowest BCUT2D eigenvalue weighted by Crippen LogP contribution is -2.48. The van der Waals surface area contributed by atoms with Crippen LogP contribution in [0.4, 0.5) is 5.69 Å². The van der Waals surface area contributed by atoms with Crippen LogP contribution in [0.25, 0.3) is 0 Å². The standard InChI is InChI=1S/C15H18Cl2N2O3/c16-11-5-3-6-12(17)13(11)18-14(21)15(22)19-8-2-1-4-10(19)7-9-20/h3,5-6,10,20H,1-2,4,7-9H2,(H,18,21). The van der Waals surface area contributed by atoms with E-state index in [1.54, 1.807) is 18.2 Å². The number of aliphatic hydroxyl groups is 1. The van der Waals surface area contributed by atoms with E-state index >= 15 is 0 Å². The van der Waals surface area contributed by atoms with Crippen molar-refractivity contribution in [1.29, 1.82) is 0 Å². The largest absolute Gasteiger partial charge is 0.396 e. The molecular weight excluding hydrogens is 327 g/mol. The summed E-state index contributed by atoms with van der Waals surface area (Å²) in [4.78, 5) is 26.1. The molecule has 1 fully saturated rings. The molecule has 120 valence electrons. The minimum absolute atomic E-state index is 0.00753. The summed E-state index contributed by atoms with van der Waals surface area (Å²) in [6, 6.07) is 4.73. The zero-order valence-corrected chi connectivity index (χ0v) is 13.5. The highest BCUT2D eigenvalue weighted by Gasteiger charge is 2.30. The van der Waals surface area contributed by atoms with Gasteiger partial charge in [-0.1, -0.05) is 29.3 Å². The molecule has 1 aromatic rings. The highest BCUT2D eigenvalue weighted by molar-refractivity contribution is 6.44. The van der Waals surface area contributed by atoms with Crippen molar-refractivity contribution >= 4 is 40.7 Å². The number of para-hydroxylation sites is 1. The number of aliphatic hydroxyl groups excluding tert-OH is 1. The summed E-state index contributed by atoms with van der Waals surface area (Å²) in [6.45, 7) is 0.513. The SMILES string of the molecule is O=C(Nc1c(Cl)cccc1Cl)C(=O)N1CCCCC1CCO. The average molecular weight is 345 g/mol. The summed E-state index contributed by atoms with van der Waals surface area (Å²) in [6.07, 6.45) is 3.12. The first-order valence-electron chi connectivity index (χ1n) is 7.21. The van der Waals surface area contributed by atoms with Crippen molar-refractivity contribution < 1.29 is 14.7 Å². The van der Waals surface area contributed by atoms with Gasteiger partial charge in [-0.3, -0.25) is 9.59 Å². The molecule has 1 atom stereocenters. The Morgan fingerprint density at radius 3 is 2.59 bits per heavy atom. The fourth-order valence-corrected chi connectivity index (χ4v) is 3.12. The van der Waals surface area contributed by atoms with Crippen LogP contribution in [-0.4, -0.2) is 41.0 Å². The van der Waals surface area contributed by atoms with Crippen molar-refractivity contribution in [3.05, 3.63) is 28.2 Å². The van der Waals surface area contributed by atoms with Gasteiger partial charge in [0.1, 0.15) is 0 Å². The molecule has 1 aromatic carbocycles. The molecule has 2 rings (SSSR count). The van der Waals surface area contributed by atoms with Crippen LogP contribution in [0.3, 0.4) is 0 Å². The van der Waals surface area contributed by atoms with E-state index in [2.05, 4.69) is 5.32 Å². The normalized spacial score (nSPS) is 18.1. The highest BCUT2D eigenvalue weighted by Crippen LogP contribution is 2.30. The smallest absolute Gasteiger partial charge is 0.313 e. The predicted molar refractivity (Wildman–Crippen MR) is 86.1 cm³/mol. The molecule has 5 nitrogen and oxygen atoms in total. The minimum atomic E-state index is -0.764. The fraction of sp³-hybridized carbons (Fsp3) is 0.467. The summed E-state index contributed by atoms with van der Waals surface area (Å²) < 4.78 is 0. The molecule has 1 unspecified atom stereocenters. The summed E-state index contributed by atoms with van der Waals surface area (Å²) in [5.74, 6) is -1.38. The van der Waals surface area contributed by atoms with Gasteiger partial charge in [-0.25, -0.2) is 0 Å². The first-order chi connectivity index (χ1) is 10.5. The zero-order chi connectivity index (χ0) is 16.1. The fourth-order valence-electron chi connectivity index (χ4n) is 2.63. The van der Waals surface area contributed by atoms with Crippen molar-refractivity contribution in [1.82, 2.24) is 4.90 Å². The zero-order valence-electron chi connectivity index (χ0n) is 12.0. The van der Waals surface area contributed by atoms with Crippen molar-refractivity contribution in [3.8, 4) is 0 Å². The maximum absolute atomic E-state index is 12.4. The summed E-state index contributed by atoms with van der Waals surface area (Å²) >= 11 is 12.0. The molecular formula is C15H18Cl2N2O3.